The predicted molar refractivity (Wildman–Crippen MR) is 111 cm³/mol. The Hall–Kier alpha value is -2.78. The van der Waals surface area contributed by atoms with Gasteiger partial charge in [0.1, 0.15) is 16.6 Å². The van der Waals surface area contributed by atoms with Crippen LogP contribution >= 0.6 is 11.3 Å². The molecule has 26 heavy (non-hydrogen) atoms. The van der Waals surface area contributed by atoms with Gasteiger partial charge in [-0.25, -0.2) is 4.98 Å². The van der Waals surface area contributed by atoms with Crippen LogP contribution in [0.4, 0.5) is 0 Å². The summed E-state index contributed by atoms with van der Waals surface area (Å²) in [6.07, 6.45) is 0. The Labute approximate surface area is 156 Å². The summed E-state index contributed by atoms with van der Waals surface area (Å²) in [5, 5.41) is 2.43. The highest BCUT2D eigenvalue weighted by atomic mass is 32.1. The van der Waals surface area contributed by atoms with Crippen molar-refractivity contribution in [2.75, 3.05) is 0 Å². The summed E-state index contributed by atoms with van der Waals surface area (Å²) in [6.45, 7) is 4.29. The van der Waals surface area contributed by atoms with Crippen molar-refractivity contribution in [2.45, 2.75) is 13.8 Å². The highest BCUT2D eigenvalue weighted by molar-refractivity contribution is 7.25. The first kappa shape index (κ1) is 15.5. The molecule has 0 aliphatic rings. The first-order valence-electron chi connectivity index (χ1n) is 8.80. The van der Waals surface area contributed by atoms with Gasteiger partial charge in [0.15, 0.2) is 0 Å². The minimum atomic E-state index is 1.07. The molecule has 0 N–H and O–H groups in total. The van der Waals surface area contributed by atoms with E-state index in [1.807, 2.05) is 0 Å². The molecule has 5 aromatic rings. The van der Waals surface area contributed by atoms with E-state index in [2.05, 4.69) is 86.1 Å². The zero-order valence-corrected chi connectivity index (χ0v) is 15.9. The molecule has 0 saturated heterocycles. The number of hydrogen-bond acceptors (Lipinski definition) is 2. The maximum Gasteiger partial charge on any atom is 0.233 e. The smallest absolute Gasteiger partial charge is 0.233 e. The fourth-order valence-electron chi connectivity index (χ4n) is 3.77. The van der Waals surface area contributed by atoms with E-state index in [1.54, 1.807) is 11.3 Å². The van der Waals surface area contributed by atoms with E-state index in [4.69, 9.17) is 4.98 Å². The molecule has 3 heteroatoms. The van der Waals surface area contributed by atoms with Gasteiger partial charge in [-0.15, -0.1) is 11.3 Å². The van der Waals surface area contributed by atoms with Gasteiger partial charge in [-0.1, -0.05) is 30.3 Å². The number of nitrogens with zero attached hydrogens (tertiary/aromatic N) is 2. The van der Waals surface area contributed by atoms with Gasteiger partial charge in [0.2, 0.25) is 11.2 Å². The normalized spacial score (nSPS) is 11.7. The molecule has 0 unspecified atom stereocenters. The molecule has 2 aromatic carbocycles. The molecule has 0 saturated carbocycles. The van der Waals surface area contributed by atoms with Crippen LogP contribution in [0.3, 0.4) is 0 Å². The highest BCUT2D eigenvalue weighted by Crippen LogP contribution is 2.34. The van der Waals surface area contributed by atoms with Crippen molar-refractivity contribution in [3.63, 3.8) is 0 Å². The second kappa shape index (κ2) is 5.61. The SMILES string of the molecule is Cc1ccc2cc3c(nc2c1)sc1ccc(-c2ccccc2C)[n+](C)c13. The summed E-state index contributed by atoms with van der Waals surface area (Å²) < 4.78 is 3.59. The van der Waals surface area contributed by atoms with Gasteiger partial charge in [-0.2, -0.15) is 4.57 Å². The van der Waals surface area contributed by atoms with Crippen molar-refractivity contribution >= 4 is 42.7 Å². The second-order valence-electron chi connectivity index (χ2n) is 6.94. The second-order valence-corrected chi connectivity index (χ2v) is 7.98. The van der Waals surface area contributed by atoms with Crippen LogP contribution in [0.1, 0.15) is 11.1 Å². The number of rotatable bonds is 1. The Morgan fingerprint density at radius 1 is 0.923 bits per heavy atom. The van der Waals surface area contributed by atoms with Crippen LogP contribution in [0.2, 0.25) is 0 Å². The molecule has 126 valence electrons. The van der Waals surface area contributed by atoms with Crippen LogP contribution < -0.4 is 4.57 Å². The first-order chi connectivity index (χ1) is 12.6. The third-order valence-corrected chi connectivity index (χ3v) is 6.20. The Bertz CT molecular complexity index is 1310. The van der Waals surface area contributed by atoms with Crippen molar-refractivity contribution in [1.82, 2.24) is 4.98 Å². The third-order valence-electron chi connectivity index (χ3n) is 5.14. The Kier molecular flexibility index (Phi) is 3.34. The molecule has 0 bridgehead atoms. The van der Waals surface area contributed by atoms with E-state index < -0.39 is 0 Å². The van der Waals surface area contributed by atoms with E-state index in [1.165, 1.54) is 43.4 Å². The summed E-state index contributed by atoms with van der Waals surface area (Å²) in [5.41, 5.74) is 7.39. The lowest BCUT2D eigenvalue weighted by molar-refractivity contribution is -0.632. The zero-order valence-electron chi connectivity index (χ0n) is 15.1. The molecule has 0 atom stereocenters. The summed E-state index contributed by atoms with van der Waals surface area (Å²) in [5.74, 6) is 0. The van der Waals surface area contributed by atoms with E-state index in [0.29, 0.717) is 0 Å². The van der Waals surface area contributed by atoms with E-state index in [-0.39, 0.29) is 0 Å². The Morgan fingerprint density at radius 2 is 1.77 bits per heavy atom. The molecular weight excluding hydrogens is 336 g/mol. The average Bonchev–Trinajstić information content (AvgIpc) is 2.99. The molecule has 0 aliphatic carbocycles. The number of fused-ring (bicyclic) bond motifs is 4. The molecule has 2 nitrogen and oxygen atoms in total. The van der Waals surface area contributed by atoms with Gasteiger partial charge < -0.3 is 0 Å². The lowest BCUT2D eigenvalue weighted by atomic mass is 10.0. The fraction of sp³-hybridized carbons (Fsp3) is 0.130. The summed E-state index contributed by atoms with van der Waals surface area (Å²) >= 11 is 1.77. The standard InChI is InChI=1S/C23H19N2S/c1-14-8-9-16-13-18-22-21(26-23(18)24-19(16)12-14)11-10-20(25(22)3)17-7-5-4-6-15(17)2/h4-13H,1-3H3/q+1. The maximum absolute atomic E-state index is 4.94. The van der Waals surface area contributed by atoms with Crippen molar-refractivity contribution < 1.29 is 4.57 Å². The first-order valence-corrected chi connectivity index (χ1v) is 9.62. The highest BCUT2D eigenvalue weighted by Gasteiger charge is 2.20. The van der Waals surface area contributed by atoms with Crippen molar-refractivity contribution in [2.24, 2.45) is 7.05 Å². The molecular formula is C23H19N2S+. The van der Waals surface area contributed by atoms with Gasteiger partial charge >= 0.3 is 0 Å². The summed E-state index contributed by atoms with van der Waals surface area (Å²) in [7, 11) is 2.16. The number of pyridine rings is 2. The lowest BCUT2D eigenvalue weighted by Crippen LogP contribution is -2.31. The predicted octanol–water partition coefficient (Wildman–Crippen LogP) is 5.71. The maximum atomic E-state index is 4.94. The van der Waals surface area contributed by atoms with Gasteiger partial charge in [-0.3, -0.25) is 0 Å². The van der Waals surface area contributed by atoms with Crippen LogP contribution in [-0.2, 0) is 7.05 Å². The van der Waals surface area contributed by atoms with E-state index in [0.717, 1.165) is 10.3 Å². The van der Waals surface area contributed by atoms with Crippen LogP contribution in [0.25, 0.3) is 42.6 Å². The largest absolute Gasteiger partial charge is 0.237 e. The third kappa shape index (κ3) is 2.24. The van der Waals surface area contributed by atoms with Crippen molar-refractivity contribution in [1.29, 1.82) is 0 Å². The van der Waals surface area contributed by atoms with Crippen LogP contribution in [-0.4, -0.2) is 4.98 Å². The van der Waals surface area contributed by atoms with Crippen molar-refractivity contribution in [3.8, 4) is 11.3 Å². The zero-order chi connectivity index (χ0) is 17.8. The summed E-state index contributed by atoms with van der Waals surface area (Å²) in [6, 6.07) is 21.8. The molecule has 0 aliphatic heterocycles. The van der Waals surface area contributed by atoms with Gasteiger partial charge in [0.05, 0.1) is 10.9 Å². The van der Waals surface area contributed by atoms with E-state index >= 15 is 0 Å². The minimum absolute atomic E-state index is 1.07. The average molecular weight is 355 g/mol. The lowest BCUT2D eigenvalue weighted by Gasteiger charge is -2.05. The van der Waals surface area contributed by atoms with Gasteiger partial charge in [-0.05, 0) is 49.2 Å². The Morgan fingerprint density at radius 3 is 2.62 bits per heavy atom. The van der Waals surface area contributed by atoms with Gasteiger partial charge in [0, 0.05) is 17.0 Å². The minimum Gasteiger partial charge on any atom is -0.237 e. The quantitative estimate of drug-likeness (QED) is 0.352. The number of thiophene rings is 1. The van der Waals surface area contributed by atoms with Crippen LogP contribution in [0.15, 0.2) is 60.7 Å². The van der Waals surface area contributed by atoms with Crippen molar-refractivity contribution in [3.05, 3.63) is 71.8 Å². The van der Waals surface area contributed by atoms with Gasteiger partial charge in [0.25, 0.3) is 0 Å². The number of aryl methyl sites for hydroxylation is 3. The molecule has 5 rings (SSSR count). The number of benzene rings is 2. The Balaban J connectivity index is 1.87. The molecule has 0 spiro atoms. The number of hydrogen-bond donors (Lipinski definition) is 0. The topological polar surface area (TPSA) is 16.8 Å². The molecule has 3 aromatic heterocycles. The monoisotopic (exact) mass is 355 g/mol. The fourth-order valence-corrected chi connectivity index (χ4v) is 4.87. The number of aromatic nitrogens is 2. The molecule has 3 heterocycles. The molecule has 0 amide bonds. The summed E-state index contributed by atoms with van der Waals surface area (Å²) in [4.78, 5) is 6.05. The molecule has 0 radical (unpaired) electrons. The van der Waals surface area contributed by atoms with Crippen LogP contribution in [0, 0.1) is 13.8 Å². The van der Waals surface area contributed by atoms with Crippen LogP contribution in [0.5, 0.6) is 0 Å². The molecule has 0 fully saturated rings. The van der Waals surface area contributed by atoms with E-state index in [9.17, 15) is 0 Å².